The van der Waals surface area contributed by atoms with E-state index in [-0.39, 0.29) is 17.9 Å². The molecule has 0 saturated carbocycles. The minimum absolute atomic E-state index is 0.0364. The van der Waals surface area contributed by atoms with Crippen LogP contribution in [-0.2, 0) is 16.8 Å². The Balaban J connectivity index is 2.11. The van der Waals surface area contributed by atoms with Crippen LogP contribution in [0.3, 0.4) is 0 Å². The summed E-state index contributed by atoms with van der Waals surface area (Å²) in [7, 11) is 1.65. The Bertz CT molecular complexity index is 870. The van der Waals surface area contributed by atoms with Crippen molar-refractivity contribution in [3.63, 3.8) is 0 Å². The summed E-state index contributed by atoms with van der Waals surface area (Å²) < 4.78 is 1.97. The number of benzene rings is 2. The first-order valence-corrected chi connectivity index (χ1v) is 8.17. The molecule has 1 amide bonds. The van der Waals surface area contributed by atoms with Crippen molar-refractivity contribution < 1.29 is 4.79 Å². The normalized spacial score (nSPS) is 11.7. The van der Waals surface area contributed by atoms with Gasteiger partial charge < -0.3 is 9.88 Å². The van der Waals surface area contributed by atoms with Crippen LogP contribution < -0.4 is 5.32 Å². The molecule has 0 fully saturated rings. The fourth-order valence-electron chi connectivity index (χ4n) is 2.80. The van der Waals surface area contributed by atoms with Crippen LogP contribution in [0.15, 0.2) is 48.5 Å². The summed E-state index contributed by atoms with van der Waals surface area (Å²) in [4.78, 5) is 16.7. The molecule has 1 heterocycles. The largest absolute Gasteiger partial charge is 0.358 e. The Morgan fingerprint density at radius 1 is 1.08 bits per heavy atom. The number of hydrogen-bond donors (Lipinski definition) is 1. The Morgan fingerprint density at radius 3 is 2.38 bits per heavy atom. The van der Waals surface area contributed by atoms with Crippen LogP contribution in [-0.4, -0.2) is 22.5 Å². The number of hydrogen-bond acceptors (Lipinski definition) is 2. The highest BCUT2D eigenvalue weighted by atomic mass is 16.1. The lowest BCUT2D eigenvalue weighted by Gasteiger charge is -2.19. The van der Waals surface area contributed by atoms with E-state index in [0.717, 1.165) is 22.4 Å². The van der Waals surface area contributed by atoms with Gasteiger partial charge in [-0.1, -0.05) is 57.2 Å². The van der Waals surface area contributed by atoms with Crippen molar-refractivity contribution in [2.24, 2.45) is 0 Å². The summed E-state index contributed by atoms with van der Waals surface area (Å²) in [6, 6.07) is 16.4. The van der Waals surface area contributed by atoms with Gasteiger partial charge in [0.2, 0.25) is 5.91 Å². The highest BCUT2D eigenvalue weighted by Gasteiger charge is 2.17. The highest BCUT2D eigenvalue weighted by molar-refractivity contribution is 5.84. The van der Waals surface area contributed by atoms with Gasteiger partial charge in [0.25, 0.3) is 0 Å². The summed E-state index contributed by atoms with van der Waals surface area (Å²) >= 11 is 0. The lowest BCUT2D eigenvalue weighted by atomic mass is 9.87. The Morgan fingerprint density at radius 2 is 1.75 bits per heavy atom. The number of amides is 1. The molecule has 0 saturated heterocycles. The van der Waals surface area contributed by atoms with Crippen molar-refractivity contribution in [2.45, 2.75) is 32.7 Å². The fraction of sp³-hybridized carbons (Fsp3) is 0.300. The molecule has 4 nitrogen and oxygen atoms in total. The van der Waals surface area contributed by atoms with Gasteiger partial charge in [0.1, 0.15) is 12.4 Å². The van der Waals surface area contributed by atoms with Crippen LogP contribution in [0.25, 0.3) is 22.4 Å². The second-order valence-corrected chi connectivity index (χ2v) is 7.01. The fourth-order valence-corrected chi connectivity index (χ4v) is 2.80. The first kappa shape index (κ1) is 16.2. The van der Waals surface area contributed by atoms with Crippen molar-refractivity contribution in [3.8, 4) is 11.4 Å². The molecule has 2 aromatic carbocycles. The zero-order chi connectivity index (χ0) is 17.3. The van der Waals surface area contributed by atoms with E-state index in [2.05, 4.69) is 50.4 Å². The number of fused-ring (bicyclic) bond motifs is 1. The molecule has 3 rings (SSSR count). The number of nitrogens with zero attached hydrogens (tertiary/aromatic N) is 2. The smallest absolute Gasteiger partial charge is 0.239 e. The molecule has 1 N–H and O–H groups in total. The molecule has 0 atom stereocenters. The van der Waals surface area contributed by atoms with Gasteiger partial charge in [0.15, 0.2) is 0 Å². The summed E-state index contributed by atoms with van der Waals surface area (Å²) in [5.74, 6) is 0.783. The van der Waals surface area contributed by atoms with Gasteiger partial charge >= 0.3 is 0 Å². The second-order valence-electron chi connectivity index (χ2n) is 7.01. The number of para-hydroxylation sites is 2. The van der Waals surface area contributed by atoms with Crippen molar-refractivity contribution >= 4 is 16.9 Å². The molecule has 3 aromatic rings. The van der Waals surface area contributed by atoms with Crippen molar-refractivity contribution in [3.05, 3.63) is 54.1 Å². The summed E-state index contributed by atoms with van der Waals surface area (Å²) in [6.45, 7) is 6.85. The van der Waals surface area contributed by atoms with E-state index in [1.807, 2.05) is 28.8 Å². The third-order valence-electron chi connectivity index (χ3n) is 4.24. The molecule has 0 spiro atoms. The minimum Gasteiger partial charge on any atom is -0.358 e. The van der Waals surface area contributed by atoms with Gasteiger partial charge in [-0.2, -0.15) is 0 Å². The maximum atomic E-state index is 11.9. The number of rotatable bonds is 3. The lowest BCUT2D eigenvalue weighted by Crippen LogP contribution is -2.23. The SMILES string of the molecule is CNC(=O)Cn1c(-c2ccc(C(C)(C)C)cc2)nc2ccccc21. The molecule has 0 aliphatic heterocycles. The molecular weight excluding hydrogens is 298 g/mol. The van der Waals surface area contributed by atoms with Crippen LogP contribution in [0, 0.1) is 0 Å². The van der Waals surface area contributed by atoms with E-state index < -0.39 is 0 Å². The number of carbonyl (C=O) groups excluding carboxylic acids is 1. The zero-order valence-corrected chi connectivity index (χ0v) is 14.6. The van der Waals surface area contributed by atoms with Crippen LogP contribution in [0.1, 0.15) is 26.3 Å². The minimum atomic E-state index is -0.0364. The van der Waals surface area contributed by atoms with E-state index in [1.165, 1.54) is 5.56 Å². The third kappa shape index (κ3) is 3.04. The Labute approximate surface area is 142 Å². The predicted octanol–water partition coefficient (Wildman–Crippen LogP) is 3.75. The Kier molecular flexibility index (Phi) is 4.14. The molecule has 124 valence electrons. The molecule has 24 heavy (non-hydrogen) atoms. The van der Waals surface area contributed by atoms with E-state index in [1.54, 1.807) is 7.05 Å². The van der Waals surface area contributed by atoms with Crippen molar-refractivity contribution in [2.75, 3.05) is 7.05 Å². The summed E-state index contributed by atoms with van der Waals surface area (Å²) in [5, 5.41) is 2.69. The predicted molar refractivity (Wildman–Crippen MR) is 97.9 cm³/mol. The molecule has 0 unspecified atom stereocenters. The lowest BCUT2D eigenvalue weighted by molar-refractivity contribution is -0.121. The summed E-state index contributed by atoms with van der Waals surface area (Å²) in [6.07, 6.45) is 0. The first-order valence-electron chi connectivity index (χ1n) is 8.17. The van der Waals surface area contributed by atoms with E-state index in [0.29, 0.717) is 0 Å². The molecule has 4 heteroatoms. The molecule has 0 aliphatic rings. The average molecular weight is 321 g/mol. The van der Waals surface area contributed by atoms with Crippen LogP contribution in [0.2, 0.25) is 0 Å². The van der Waals surface area contributed by atoms with E-state index in [4.69, 9.17) is 4.98 Å². The van der Waals surface area contributed by atoms with Crippen LogP contribution in [0.4, 0.5) is 0 Å². The standard InChI is InChI=1S/C20H23N3O/c1-20(2,3)15-11-9-14(10-12-15)19-22-16-7-5-6-8-17(16)23(19)13-18(24)21-4/h5-12H,13H2,1-4H3,(H,21,24). The number of aromatic nitrogens is 2. The quantitative estimate of drug-likeness (QED) is 0.798. The average Bonchev–Trinajstić information content (AvgIpc) is 2.93. The molecule has 1 aromatic heterocycles. The van der Waals surface area contributed by atoms with E-state index in [9.17, 15) is 4.79 Å². The van der Waals surface area contributed by atoms with E-state index >= 15 is 0 Å². The Hall–Kier alpha value is -2.62. The molecule has 0 radical (unpaired) electrons. The van der Waals surface area contributed by atoms with Gasteiger partial charge in [-0.3, -0.25) is 4.79 Å². The number of nitrogens with one attached hydrogen (secondary N) is 1. The van der Waals surface area contributed by atoms with Gasteiger partial charge in [0, 0.05) is 12.6 Å². The van der Waals surface area contributed by atoms with Crippen molar-refractivity contribution in [1.82, 2.24) is 14.9 Å². The number of carbonyl (C=O) groups is 1. The van der Waals surface area contributed by atoms with Gasteiger partial charge in [0.05, 0.1) is 11.0 Å². The van der Waals surface area contributed by atoms with Crippen LogP contribution >= 0.6 is 0 Å². The summed E-state index contributed by atoms with van der Waals surface area (Å²) in [5.41, 5.74) is 4.27. The first-order chi connectivity index (χ1) is 11.4. The van der Waals surface area contributed by atoms with Gasteiger partial charge in [-0.25, -0.2) is 4.98 Å². The molecule has 0 aliphatic carbocycles. The topological polar surface area (TPSA) is 46.9 Å². The zero-order valence-electron chi connectivity index (χ0n) is 14.6. The van der Waals surface area contributed by atoms with Gasteiger partial charge in [-0.05, 0) is 23.1 Å². The molecule has 0 bridgehead atoms. The molecular formula is C20H23N3O. The van der Waals surface area contributed by atoms with Crippen molar-refractivity contribution in [1.29, 1.82) is 0 Å². The monoisotopic (exact) mass is 321 g/mol. The number of likely N-dealkylation sites (N-methyl/N-ethyl adjacent to an activating group) is 1. The maximum absolute atomic E-state index is 11.9. The number of imidazole rings is 1. The maximum Gasteiger partial charge on any atom is 0.239 e. The van der Waals surface area contributed by atoms with Crippen LogP contribution in [0.5, 0.6) is 0 Å². The highest BCUT2D eigenvalue weighted by Crippen LogP contribution is 2.28. The second kappa shape index (κ2) is 6.11. The third-order valence-corrected chi connectivity index (χ3v) is 4.24. The van der Waals surface area contributed by atoms with Gasteiger partial charge in [-0.15, -0.1) is 0 Å².